The summed E-state index contributed by atoms with van der Waals surface area (Å²) < 4.78 is 0. The fourth-order valence-corrected chi connectivity index (χ4v) is 3.68. The SMILES string of the molecule is CCCCCCCCCC(=O)[O-].CCCCCCCCCC(=O)[O-].CCCCCCCCCC(=O)[O-].[Eu+3]. The maximum atomic E-state index is 10.0. The van der Waals surface area contributed by atoms with E-state index in [1.54, 1.807) is 0 Å². The van der Waals surface area contributed by atoms with Crippen molar-refractivity contribution >= 4 is 17.9 Å². The van der Waals surface area contributed by atoms with Gasteiger partial charge in [0.1, 0.15) is 0 Å². The molecule has 0 saturated heterocycles. The zero-order valence-electron chi connectivity index (χ0n) is 24.3. The van der Waals surface area contributed by atoms with Gasteiger partial charge in [-0.05, 0) is 38.5 Å². The van der Waals surface area contributed by atoms with Gasteiger partial charge in [0, 0.05) is 17.9 Å². The van der Waals surface area contributed by atoms with Gasteiger partial charge in [0.25, 0.3) is 0 Å². The van der Waals surface area contributed by atoms with Crippen molar-refractivity contribution in [2.24, 2.45) is 0 Å². The van der Waals surface area contributed by atoms with E-state index in [9.17, 15) is 29.7 Å². The second-order valence-corrected chi connectivity index (χ2v) is 9.73. The Kier molecular flexibility index (Phi) is 48.2. The van der Waals surface area contributed by atoms with Crippen LogP contribution in [-0.4, -0.2) is 17.9 Å². The van der Waals surface area contributed by atoms with E-state index >= 15 is 0 Å². The second-order valence-electron chi connectivity index (χ2n) is 9.73. The van der Waals surface area contributed by atoms with Crippen molar-refractivity contribution in [2.45, 2.75) is 175 Å². The third-order valence-electron chi connectivity index (χ3n) is 5.95. The molecule has 0 saturated carbocycles. The molecule has 7 heteroatoms. The van der Waals surface area contributed by atoms with Crippen LogP contribution >= 0.6 is 0 Å². The molecule has 0 heterocycles. The Hall–Kier alpha value is -0.00558. The van der Waals surface area contributed by atoms with Crippen molar-refractivity contribution in [3.8, 4) is 0 Å². The van der Waals surface area contributed by atoms with E-state index in [0.29, 0.717) is 0 Å². The fourth-order valence-electron chi connectivity index (χ4n) is 3.68. The minimum Gasteiger partial charge on any atom is -0.550 e. The molecule has 0 spiro atoms. The maximum Gasteiger partial charge on any atom is 3.00 e. The molecule has 0 aromatic heterocycles. The van der Waals surface area contributed by atoms with Crippen LogP contribution in [0.4, 0.5) is 0 Å². The largest absolute Gasteiger partial charge is 3.00 e. The van der Waals surface area contributed by atoms with Gasteiger partial charge in [-0.15, -0.1) is 0 Å². The minimum atomic E-state index is -0.913. The van der Waals surface area contributed by atoms with Crippen LogP contribution in [0.15, 0.2) is 0 Å². The predicted octanol–water partition coefficient (Wildman–Crippen LogP) is 5.63. The quantitative estimate of drug-likeness (QED) is 0.123. The van der Waals surface area contributed by atoms with Gasteiger partial charge in [-0.2, -0.15) is 0 Å². The average Bonchev–Trinajstić information content (AvgIpc) is 2.83. The van der Waals surface area contributed by atoms with Gasteiger partial charge in [0.2, 0.25) is 0 Å². The molecule has 0 atom stereocenters. The van der Waals surface area contributed by atoms with E-state index in [4.69, 9.17) is 0 Å². The summed E-state index contributed by atoms with van der Waals surface area (Å²) in [6.07, 6.45) is 25.0. The topological polar surface area (TPSA) is 120 Å². The Morgan fingerprint density at radius 2 is 0.514 bits per heavy atom. The van der Waals surface area contributed by atoms with Crippen LogP contribution in [-0.2, 0) is 14.4 Å². The van der Waals surface area contributed by atoms with Gasteiger partial charge < -0.3 is 29.7 Å². The van der Waals surface area contributed by atoms with Crippen molar-refractivity contribution in [1.29, 1.82) is 0 Å². The maximum absolute atomic E-state index is 10.0. The first kappa shape index (κ1) is 44.0. The molecule has 0 amide bonds. The smallest absolute Gasteiger partial charge is 0.550 e. The molecule has 0 rings (SSSR count). The van der Waals surface area contributed by atoms with Crippen molar-refractivity contribution in [2.75, 3.05) is 0 Å². The summed E-state index contributed by atoms with van der Waals surface area (Å²) in [5.74, 6) is -2.74. The molecule has 37 heavy (non-hydrogen) atoms. The third-order valence-corrected chi connectivity index (χ3v) is 5.95. The Morgan fingerprint density at radius 1 is 0.351 bits per heavy atom. The summed E-state index contributed by atoms with van der Waals surface area (Å²) in [5, 5.41) is 30.1. The number of unbranched alkanes of at least 4 members (excludes halogenated alkanes) is 18. The van der Waals surface area contributed by atoms with Crippen molar-refractivity contribution in [3.63, 3.8) is 0 Å². The summed E-state index contributed by atoms with van der Waals surface area (Å²) in [6.45, 7) is 6.57. The number of carboxylic acid groups (broad SMARTS) is 3. The molecule has 0 aliphatic heterocycles. The van der Waals surface area contributed by atoms with Crippen LogP contribution in [0.5, 0.6) is 0 Å². The van der Waals surface area contributed by atoms with E-state index < -0.39 is 17.9 Å². The monoisotopic (exact) mass is 666 g/mol. The minimum absolute atomic E-state index is 0. The molecule has 0 unspecified atom stereocenters. The van der Waals surface area contributed by atoms with Crippen molar-refractivity contribution in [1.82, 2.24) is 0 Å². The Labute approximate surface area is 269 Å². The van der Waals surface area contributed by atoms with Gasteiger partial charge in [-0.3, -0.25) is 0 Å². The number of rotatable bonds is 24. The zero-order valence-corrected chi connectivity index (χ0v) is 26.7. The van der Waals surface area contributed by atoms with E-state index in [2.05, 4.69) is 20.8 Å². The molecule has 220 valence electrons. The van der Waals surface area contributed by atoms with E-state index in [1.807, 2.05) is 0 Å². The predicted molar refractivity (Wildman–Crippen MR) is 143 cm³/mol. The summed E-state index contributed by atoms with van der Waals surface area (Å²) in [7, 11) is 0. The van der Waals surface area contributed by atoms with Crippen molar-refractivity contribution in [3.05, 3.63) is 0 Å². The molecule has 0 aliphatic rings. The summed E-state index contributed by atoms with van der Waals surface area (Å²) >= 11 is 0. The summed E-state index contributed by atoms with van der Waals surface area (Å²) in [6, 6.07) is 0. The fraction of sp³-hybridized carbons (Fsp3) is 0.900. The van der Waals surface area contributed by atoms with Crippen LogP contribution in [0.1, 0.15) is 175 Å². The molecule has 0 fully saturated rings. The van der Waals surface area contributed by atoms with Crippen LogP contribution < -0.4 is 15.3 Å². The number of carbonyl (C=O) groups is 3. The summed E-state index contributed by atoms with van der Waals surface area (Å²) in [5.41, 5.74) is 0. The third kappa shape index (κ3) is 57.1. The van der Waals surface area contributed by atoms with Crippen molar-refractivity contribution < 1.29 is 79.1 Å². The van der Waals surface area contributed by atoms with Gasteiger partial charge in [0.15, 0.2) is 0 Å². The first-order chi connectivity index (χ1) is 17.3. The Balaban J connectivity index is -0.000000218. The van der Waals surface area contributed by atoms with Gasteiger partial charge in [-0.1, -0.05) is 136 Å². The molecule has 0 bridgehead atoms. The Bertz CT molecular complexity index is 404. The molecule has 0 aromatic carbocycles. The molecule has 0 radical (unpaired) electrons. The molecule has 0 aliphatic carbocycles. The molecular formula is C30H57EuO6. The van der Waals surface area contributed by atoms with Crippen LogP contribution in [0.2, 0.25) is 0 Å². The van der Waals surface area contributed by atoms with E-state index in [-0.39, 0.29) is 68.6 Å². The van der Waals surface area contributed by atoms with Crippen LogP contribution in [0.3, 0.4) is 0 Å². The summed E-state index contributed by atoms with van der Waals surface area (Å²) in [4.78, 5) is 30.1. The number of hydrogen-bond acceptors (Lipinski definition) is 6. The normalized spacial score (nSPS) is 9.81. The van der Waals surface area contributed by atoms with Gasteiger partial charge in [0.05, 0.1) is 0 Å². The molecule has 0 aromatic rings. The zero-order chi connectivity index (χ0) is 27.7. The number of carbonyl (C=O) groups excluding carboxylic acids is 3. The standard InChI is InChI=1S/3C10H20O2.Eu/c3*1-2-3-4-5-6-7-8-9-10(11)12;/h3*2-9H2,1H3,(H,11,12);/q;;;+3/p-3. The number of aliphatic carboxylic acids is 3. The van der Waals surface area contributed by atoms with E-state index in [1.165, 1.54) is 96.3 Å². The molecule has 6 nitrogen and oxygen atoms in total. The van der Waals surface area contributed by atoms with Crippen LogP contribution in [0, 0.1) is 49.4 Å². The van der Waals surface area contributed by atoms with E-state index in [0.717, 1.165) is 38.5 Å². The number of carboxylic acids is 3. The first-order valence-corrected chi connectivity index (χ1v) is 14.9. The molecule has 0 N–H and O–H groups in total. The van der Waals surface area contributed by atoms with Crippen LogP contribution in [0.25, 0.3) is 0 Å². The molecular weight excluding hydrogens is 608 g/mol. The first-order valence-electron chi connectivity index (χ1n) is 14.9. The average molecular weight is 666 g/mol. The second kappa shape index (κ2) is 40.5. The number of hydrogen-bond donors (Lipinski definition) is 0. The van der Waals surface area contributed by atoms with Gasteiger partial charge in [-0.25, -0.2) is 0 Å². The van der Waals surface area contributed by atoms with Gasteiger partial charge >= 0.3 is 49.4 Å². The Morgan fingerprint density at radius 3 is 0.676 bits per heavy atom.